The highest BCUT2D eigenvalue weighted by Gasteiger charge is 2.17. The van der Waals surface area contributed by atoms with Crippen LogP contribution in [-0.2, 0) is 22.6 Å². The third-order valence-corrected chi connectivity index (χ3v) is 4.19. The van der Waals surface area contributed by atoms with E-state index in [9.17, 15) is 10.1 Å². The van der Waals surface area contributed by atoms with Crippen LogP contribution in [0.4, 0.5) is 5.69 Å². The summed E-state index contributed by atoms with van der Waals surface area (Å²) in [6.07, 6.45) is 2.09. The number of hydrogen-bond donors (Lipinski definition) is 0. The van der Waals surface area contributed by atoms with Gasteiger partial charge in [0.25, 0.3) is 5.69 Å². The second kappa shape index (κ2) is 7.08. The van der Waals surface area contributed by atoms with Crippen molar-refractivity contribution in [1.29, 1.82) is 0 Å². The van der Waals surface area contributed by atoms with Gasteiger partial charge in [0.1, 0.15) is 0 Å². The first-order valence-electron chi connectivity index (χ1n) is 7.74. The van der Waals surface area contributed by atoms with Crippen LogP contribution in [0.15, 0.2) is 24.4 Å². The first-order valence-corrected chi connectivity index (χ1v) is 7.74. The fraction of sp³-hybridized carbons (Fsp3) is 0.500. The van der Waals surface area contributed by atoms with E-state index in [0.717, 1.165) is 43.8 Å². The number of aromatic nitrogens is 1. The third-order valence-electron chi connectivity index (χ3n) is 4.19. The van der Waals surface area contributed by atoms with Crippen molar-refractivity contribution in [1.82, 2.24) is 9.47 Å². The van der Waals surface area contributed by atoms with Crippen LogP contribution in [0, 0.1) is 10.1 Å². The van der Waals surface area contributed by atoms with Crippen molar-refractivity contribution < 1.29 is 14.4 Å². The molecule has 0 N–H and O–H groups in total. The number of nitro benzene ring substituents is 1. The number of rotatable bonds is 6. The number of non-ortho nitro benzene ring substituents is 1. The molecular weight excluding hydrogens is 298 g/mol. The summed E-state index contributed by atoms with van der Waals surface area (Å²) in [5, 5.41) is 12.1. The van der Waals surface area contributed by atoms with E-state index in [1.165, 1.54) is 5.56 Å². The minimum atomic E-state index is -0.352. The van der Waals surface area contributed by atoms with E-state index in [-0.39, 0.29) is 10.6 Å². The quantitative estimate of drug-likeness (QED) is 0.602. The average molecular weight is 319 g/mol. The Morgan fingerprint density at radius 1 is 1.35 bits per heavy atom. The number of hydrogen-bond acceptors (Lipinski definition) is 5. The summed E-state index contributed by atoms with van der Waals surface area (Å²) < 4.78 is 12.6. The zero-order valence-electron chi connectivity index (χ0n) is 13.2. The molecule has 0 atom stereocenters. The van der Waals surface area contributed by atoms with Gasteiger partial charge in [-0.2, -0.15) is 0 Å². The highest BCUT2D eigenvalue weighted by atomic mass is 16.6. The summed E-state index contributed by atoms with van der Waals surface area (Å²) >= 11 is 0. The molecule has 1 aromatic carbocycles. The van der Waals surface area contributed by atoms with Gasteiger partial charge in [0.15, 0.2) is 0 Å². The SMILES string of the molecule is COCCn1cc(CN2CCOCC2)c2ccc([N+](=O)[O-])cc21. The summed E-state index contributed by atoms with van der Waals surface area (Å²) in [5.41, 5.74) is 2.19. The van der Waals surface area contributed by atoms with E-state index in [2.05, 4.69) is 11.1 Å². The molecular formula is C16H21N3O4. The van der Waals surface area contributed by atoms with Crippen molar-refractivity contribution in [2.45, 2.75) is 13.1 Å². The monoisotopic (exact) mass is 319 g/mol. The van der Waals surface area contributed by atoms with Crippen LogP contribution in [0.25, 0.3) is 10.9 Å². The van der Waals surface area contributed by atoms with Gasteiger partial charge >= 0.3 is 0 Å². The molecule has 0 unspecified atom stereocenters. The van der Waals surface area contributed by atoms with Crippen LogP contribution >= 0.6 is 0 Å². The zero-order valence-corrected chi connectivity index (χ0v) is 13.2. The molecule has 3 rings (SSSR count). The molecule has 2 aromatic rings. The number of fused-ring (bicyclic) bond motifs is 1. The van der Waals surface area contributed by atoms with Crippen LogP contribution in [0.3, 0.4) is 0 Å². The standard InChI is InChI=1S/C16H21N3O4/c1-22-7-6-18-12-13(11-17-4-8-23-9-5-17)15-3-2-14(19(20)21)10-16(15)18/h2-3,10,12H,4-9,11H2,1H3. The van der Waals surface area contributed by atoms with Crippen molar-refractivity contribution in [2.24, 2.45) is 0 Å². The van der Waals surface area contributed by atoms with Crippen molar-refractivity contribution in [3.05, 3.63) is 40.1 Å². The summed E-state index contributed by atoms with van der Waals surface area (Å²) in [4.78, 5) is 13.0. The number of nitrogens with zero attached hydrogens (tertiary/aromatic N) is 3. The number of benzene rings is 1. The van der Waals surface area contributed by atoms with E-state index in [4.69, 9.17) is 9.47 Å². The smallest absolute Gasteiger partial charge is 0.271 e. The lowest BCUT2D eigenvalue weighted by molar-refractivity contribution is -0.384. The topological polar surface area (TPSA) is 69.8 Å². The minimum absolute atomic E-state index is 0.118. The number of methoxy groups -OCH3 is 1. The molecule has 0 saturated carbocycles. The van der Waals surface area contributed by atoms with Gasteiger partial charge in [0.2, 0.25) is 0 Å². The van der Waals surface area contributed by atoms with Gasteiger partial charge in [-0.3, -0.25) is 15.0 Å². The lowest BCUT2D eigenvalue weighted by atomic mass is 10.1. The molecule has 1 fully saturated rings. The molecule has 124 valence electrons. The van der Waals surface area contributed by atoms with Crippen LogP contribution in [-0.4, -0.2) is 54.4 Å². The second-order valence-electron chi connectivity index (χ2n) is 5.69. The van der Waals surface area contributed by atoms with Gasteiger partial charge < -0.3 is 14.0 Å². The van der Waals surface area contributed by atoms with Crippen molar-refractivity contribution in [3.63, 3.8) is 0 Å². The van der Waals surface area contributed by atoms with Crippen molar-refractivity contribution >= 4 is 16.6 Å². The van der Waals surface area contributed by atoms with Gasteiger partial charge in [-0.15, -0.1) is 0 Å². The highest BCUT2D eigenvalue weighted by molar-refractivity contribution is 5.86. The van der Waals surface area contributed by atoms with Gasteiger partial charge in [-0.25, -0.2) is 0 Å². The van der Waals surface area contributed by atoms with Gasteiger partial charge in [0, 0.05) is 57.0 Å². The van der Waals surface area contributed by atoms with Gasteiger partial charge in [0.05, 0.1) is 30.3 Å². The second-order valence-corrected chi connectivity index (χ2v) is 5.69. The summed E-state index contributed by atoms with van der Waals surface area (Å²) in [6, 6.07) is 5.08. The zero-order chi connectivity index (χ0) is 16.2. The molecule has 0 radical (unpaired) electrons. The average Bonchev–Trinajstić information content (AvgIpc) is 2.91. The summed E-state index contributed by atoms with van der Waals surface area (Å²) in [5.74, 6) is 0. The Balaban J connectivity index is 1.94. The predicted molar refractivity (Wildman–Crippen MR) is 86.6 cm³/mol. The van der Waals surface area contributed by atoms with Crippen LogP contribution < -0.4 is 0 Å². The maximum absolute atomic E-state index is 11.0. The maximum Gasteiger partial charge on any atom is 0.271 e. The Hall–Kier alpha value is -1.96. The largest absolute Gasteiger partial charge is 0.383 e. The molecule has 0 aliphatic carbocycles. The molecule has 7 heteroatoms. The fourth-order valence-electron chi connectivity index (χ4n) is 2.97. The fourth-order valence-corrected chi connectivity index (χ4v) is 2.97. The molecule has 2 heterocycles. The van der Waals surface area contributed by atoms with Gasteiger partial charge in [-0.1, -0.05) is 0 Å². The maximum atomic E-state index is 11.0. The Labute approximate surface area is 134 Å². The summed E-state index contributed by atoms with van der Waals surface area (Å²) in [6.45, 7) is 5.43. The molecule has 0 amide bonds. The molecule has 23 heavy (non-hydrogen) atoms. The Morgan fingerprint density at radius 3 is 2.83 bits per heavy atom. The normalized spacial score (nSPS) is 16.0. The molecule has 0 spiro atoms. The molecule has 1 aliphatic heterocycles. The first-order chi connectivity index (χ1) is 11.2. The van der Waals surface area contributed by atoms with Gasteiger partial charge in [-0.05, 0) is 11.6 Å². The molecule has 1 aliphatic rings. The third kappa shape index (κ3) is 3.52. The van der Waals surface area contributed by atoms with E-state index >= 15 is 0 Å². The van der Waals surface area contributed by atoms with Crippen molar-refractivity contribution in [2.75, 3.05) is 40.0 Å². The van der Waals surface area contributed by atoms with E-state index in [0.29, 0.717) is 13.2 Å². The first kappa shape index (κ1) is 15.9. The molecule has 1 aromatic heterocycles. The lowest BCUT2D eigenvalue weighted by Crippen LogP contribution is -2.35. The number of ether oxygens (including phenoxy) is 2. The minimum Gasteiger partial charge on any atom is -0.383 e. The number of nitro groups is 1. The lowest BCUT2D eigenvalue weighted by Gasteiger charge is -2.26. The Kier molecular flexibility index (Phi) is 4.90. The highest BCUT2D eigenvalue weighted by Crippen LogP contribution is 2.27. The molecule has 7 nitrogen and oxygen atoms in total. The van der Waals surface area contributed by atoms with Crippen LogP contribution in [0.2, 0.25) is 0 Å². The Bertz CT molecular complexity index is 692. The van der Waals surface area contributed by atoms with Crippen molar-refractivity contribution in [3.8, 4) is 0 Å². The predicted octanol–water partition coefficient (Wildman–Crippen LogP) is 2.03. The Morgan fingerprint density at radius 2 is 2.13 bits per heavy atom. The van der Waals surface area contributed by atoms with Crippen LogP contribution in [0.5, 0.6) is 0 Å². The molecule has 0 bridgehead atoms. The number of morpholine rings is 1. The molecule has 1 saturated heterocycles. The van der Waals surface area contributed by atoms with E-state index in [1.807, 2.05) is 10.6 Å². The summed E-state index contributed by atoms with van der Waals surface area (Å²) in [7, 11) is 1.66. The van der Waals surface area contributed by atoms with E-state index < -0.39 is 0 Å². The van der Waals surface area contributed by atoms with Crippen LogP contribution in [0.1, 0.15) is 5.56 Å². The van der Waals surface area contributed by atoms with E-state index in [1.54, 1.807) is 19.2 Å².